The third-order valence-electron chi connectivity index (χ3n) is 11.4. The number of carbonyl (C=O) groups excluding carboxylic acids is 1. The smallest absolute Gasteiger partial charge is 0.233 e. The van der Waals surface area contributed by atoms with Gasteiger partial charge in [0, 0.05) is 106 Å². The first-order valence-electron chi connectivity index (χ1n) is 22.2. The quantitative estimate of drug-likeness (QED) is 0.0545. The van der Waals surface area contributed by atoms with Crippen LogP contribution in [0, 0.1) is 25.5 Å². The molecule has 0 spiro atoms. The lowest BCUT2D eigenvalue weighted by Crippen LogP contribution is -2.48. The Morgan fingerprint density at radius 2 is 1.14 bits per heavy atom. The number of hydrogen-bond acceptors (Lipinski definition) is 17. The zero-order valence-corrected chi connectivity index (χ0v) is 39.6. The molecule has 6 N–H and O–H groups in total. The average molecular weight is 975 g/mol. The summed E-state index contributed by atoms with van der Waals surface area (Å²) in [4.78, 5) is 50.7. The molecular formula is C45H56F2N14O7S. The summed E-state index contributed by atoms with van der Waals surface area (Å²) in [6.07, 6.45) is 7.90. The molecule has 0 bridgehead atoms. The number of fused-ring (bicyclic) bond motifs is 2. The molecule has 2 fully saturated rings. The number of amides is 1. The van der Waals surface area contributed by atoms with Crippen molar-refractivity contribution in [2.24, 2.45) is 10.3 Å². The van der Waals surface area contributed by atoms with Crippen LogP contribution in [0.4, 0.5) is 20.4 Å². The van der Waals surface area contributed by atoms with Crippen molar-refractivity contribution < 1.29 is 41.1 Å². The first-order valence-corrected chi connectivity index (χ1v) is 24.1. The first-order chi connectivity index (χ1) is 33.1. The molecule has 0 unspecified atom stereocenters. The first kappa shape index (κ1) is 49.9. The number of carbonyl (C=O) groups is 1. The van der Waals surface area contributed by atoms with Crippen molar-refractivity contribution in [2.45, 2.75) is 33.6 Å². The van der Waals surface area contributed by atoms with Gasteiger partial charge in [0.15, 0.2) is 23.1 Å². The molecule has 8 rings (SSSR count). The van der Waals surface area contributed by atoms with Crippen molar-refractivity contribution >= 4 is 61.8 Å². The van der Waals surface area contributed by atoms with Crippen LogP contribution in [0.1, 0.15) is 42.3 Å². The molecule has 69 heavy (non-hydrogen) atoms. The van der Waals surface area contributed by atoms with Crippen LogP contribution in [0.2, 0.25) is 0 Å². The third kappa shape index (κ3) is 13.2. The summed E-state index contributed by atoms with van der Waals surface area (Å²) < 4.78 is 65.9. The van der Waals surface area contributed by atoms with Crippen LogP contribution in [0.25, 0.3) is 21.8 Å². The summed E-state index contributed by atoms with van der Waals surface area (Å²) in [7, 11) is -3.14. The molecule has 21 nitrogen and oxygen atoms in total. The normalized spacial score (nSPS) is 15.2. The molecule has 6 heterocycles. The number of oxime groups is 2. The zero-order chi connectivity index (χ0) is 49.1. The molecule has 0 aliphatic carbocycles. The van der Waals surface area contributed by atoms with Crippen LogP contribution in [-0.4, -0.2) is 161 Å². The van der Waals surface area contributed by atoms with Gasteiger partial charge in [-0.05, 0) is 63.1 Å². The Balaban J connectivity index is 0.000000204. The topological polar surface area (TPSA) is 261 Å². The molecule has 2 aliphatic heterocycles. The number of nitrogens with zero attached hydrogens (tertiary/aromatic N) is 10. The second-order valence-corrected chi connectivity index (χ2v) is 18.4. The molecule has 2 saturated heterocycles. The second kappa shape index (κ2) is 22.9. The largest absolute Gasteiger partial charge is 0.435 e. The molecule has 2 aromatic carbocycles. The molecule has 0 radical (unpaired) electrons. The minimum absolute atomic E-state index is 0.00105. The summed E-state index contributed by atoms with van der Waals surface area (Å²) in [6, 6.07) is 9.92. The van der Waals surface area contributed by atoms with Gasteiger partial charge in [0.05, 0.1) is 18.7 Å². The standard InChI is InChI=1S/C23H28FN7O3.C22H28FN7O4S/c1-15-12-17-19(29-15)4-5-20(21(17)24)34-23-18(22(25)26-14-27-23)13-28-33-11-3-6-30-7-9-31(10-8-30)16(2)32;1-15-12-16-18(28-15)4-5-19(20(16)23)34-22-17(21(24)25-14-26-22)13-27-33-11-3-6-29-7-9-30(10-8-29)35(2,31)32/h4-5,12-14,29H,3,6-11H2,1-2H3,(H2,25,26,27);4-5,12-14,28H,3,6-11H2,1-2H3,(H2,24,25,26)/b28-13+;27-13+. The lowest BCUT2D eigenvalue weighted by Gasteiger charge is -2.34. The van der Waals surface area contributed by atoms with Gasteiger partial charge in [0.2, 0.25) is 27.7 Å². The van der Waals surface area contributed by atoms with Crippen LogP contribution < -0.4 is 20.9 Å². The Morgan fingerprint density at radius 3 is 1.57 bits per heavy atom. The summed E-state index contributed by atoms with van der Waals surface area (Å²) in [5.41, 5.74) is 15.5. The minimum Gasteiger partial charge on any atom is -0.435 e. The van der Waals surface area contributed by atoms with Crippen LogP contribution in [0.15, 0.2) is 59.4 Å². The van der Waals surface area contributed by atoms with Crippen molar-refractivity contribution in [1.82, 2.24) is 48.9 Å². The van der Waals surface area contributed by atoms with Gasteiger partial charge in [-0.1, -0.05) is 10.3 Å². The summed E-state index contributed by atoms with van der Waals surface area (Å²) in [6.45, 7) is 13.2. The number of H-pyrrole nitrogens is 2. The number of halogens is 2. The number of ether oxygens (including phenoxy) is 2. The highest BCUT2D eigenvalue weighted by Gasteiger charge is 2.23. The van der Waals surface area contributed by atoms with Crippen LogP contribution in [0.5, 0.6) is 23.3 Å². The number of hydrogen-bond donors (Lipinski definition) is 4. The molecule has 0 saturated carbocycles. The SMILES string of the molecule is CC(=O)N1CCN(CCCO/N=C/c2c(N)ncnc2Oc2ccc3[nH]c(C)cc3c2F)CC1.Cc1cc2c(F)c(Oc3ncnc(N)c3/C=N/OCCCN3CCN(S(C)(=O)=O)CC3)ccc2[nH]1. The number of anilines is 2. The molecule has 4 aromatic heterocycles. The molecule has 1 amide bonds. The van der Waals surface area contributed by atoms with Crippen molar-refractivity contribution in [3.63, 3.8) is 0 Å². The second-order valence-electron chi connectivity index (χ2n) is 16.4. The van der Waals surface area contributed by atoms with Gasteiger partial charge in [-0.3, -0.25) is 9.69 Å². The highest BCUT2D eigenvalue weighted by molar-refractivity contribution is 7.88. The number of nitrogens with two attached hydrogens (primary N) is 2. The van der Waals surface area contributed by atoms with Crippen molar-refractivity contribution in [3.05, 3.63) is 83.2 Å². The Bertz CT molecular complexity index is 2900. The number of rotatable bonds is 17. The molecular weight excluding hydrogens is 919 g/mol. The van der Waals surface area contributed by atoms with E-state index in [1.807, 2.05) is 18.7 Å². The van der Waals surface area contributed by atoms with Gasteiger partial charge in [0.1, 0.15) is 48.6 Å². The van der Waals surface area contributed by atoms with Crippen molar-refractivity contribution in [1.29, 1.82) is 0 Å². The zero-order valence-electron chi connectivity index (χ0n) is 38.8. The van der Waals surface area contributed by atoms with E-state index >= 15 is 0 Å². The van der Waals surface area contributed by atoms with E-state index in [2.05, 4.69) is 50.0 Å². The van der Waals surface area contributed by atoms with E-state index in [0.717, 1.165) is 57.1 Å². The number of nitrogens with one attached hydrogen (secondary N) is 2. The number of benzene rings is 2. The van der Waals surface area contributed by atoms with Gasteiger partial charge in [-0.25, -0.2) is 37.1 Å². The Labute approximate surface area is 397 Å². The van der Waals surface area contributed by atoms with E-state index in [4.69, 9.17) is 30.6 Å². The molecule has 368 valence electrons. The Hall–Kier alpha value is -7.02. The van der Waals surface area contributed by atoms with E-state index < -0.39 is 21.7 Å². The van der Waals surface area contributed by atoms with E-state index in [-0.39, 0.29) is 46.4 Å². The van der Waals surface area contributed by atoms with Gasteiger partial charge in [-0.15, -0.1) is 0 Å². The fourth-order valence-corrected chi connectivity index (χ4v) is 8.52. The number of piperazine rings is 2. The summed E-state index contributed by atoms with van der Waals surface area (Å²) in [5.74, 6) is -0.487. The maximum atomic E-state index is 14.9. The Kier molecular flexibility index (Phi) is 16.5. The molecule has 0 atom stereocenters. The van der Waals surface area contributed by atoms with E-state index in [9.17, 15) is 22.0 Å². The number of sulfonamides is 1. The fourth-order valence-electron chi connectivity index (χ4n) is 7.69. The van der Waals surface area contributed by atoms with E-state index in [1.54, 1.807) is 31.2 Å². The average Bonchev–Trinajstić information content (AvgIpc) is 3.91. The van der Waals surface area contributed by atoms with Crippen molar-refractivity contribution in [3.8, 4) is 23.3 Å². The van der Waals surface area contributed by atoms with Gasteiger partial charge in [-0.2, -0.15) is 4.31 Å². The van der Waals surface area contributed by atoms with Crippen LogP contribution >= 0.6 is 0 Å². The van der Waals surface area contributed by atoms with Crippen LogP contribution in [-0.2, 0) is 24.5 Å². The monoisotopic (exact) mass is 974 g/mol. The Morgan fingerprint density at radius 1 is 0.710 bits per heavy atom. The predicted octanol–water partition coefficient (Wildman–Crippen LogP) is 4.78. The molecule has 6 aromatic rings. The third-order valence-corrected chi connectivity index (χ3v) is 12.7. The number of aromatic nitrogens is 6. The minimum atomic E-state index is -3.14. The number of aromatic amines is 2. The summed E-state index contributed by atoms with van der Waals surface area (Å²) >= 11 is 0. The fraction of sp³-hybridized carbons (Fsp3) is 0.400. The van der Waals surface area contributed by atoms with Crippen LogP contribution in [0.3, 0.4) is 0 Å². The highest BCUT2D eigenvalue weighted by Crippen LogP contribution is 2.33. The predicted molar refractivity (Wildman–Crippen MR) is 257 cm³/mol. The maximum Gasteiger partial charge on any atom is 0.233 e. The lowest BCUT2D eigenvalue weighted by molar-refractivity contribution is -0.130. The summed E-state index contributed by atoms with van der Waals surface area (Å²) in [5, 5.41) is 8.74. The van der Waals surface area contributed by atoms with E-state index in [0.29, 0.717) is 73.2 Å². The number of nitrogen functional groups attached to an aromatic ring is 2. The molecule has 2 aliphatic rings. The lowest BCUT2D eigenvalue weighted by atomic mass is 10.2. The van der Waals surface area contributed by atoms with Gasteiger partial charge < -0.3 is 50.4 Å². The highest BCUT2D eigenvalue weighted by atomic mass is 32.2. The maximum absolute atomic E-state index is 14.9. The molecule has 24 heteroatoms. The number of aryl methyl sites for hydroxylation is 2. The van der Waals surface area contributed by atoms with E-state index in [1.165, 1.54) is 47.8 Å². The van der Waals surface area contributed by atoms with Gasteiger partial charge >= 0.3 is 0 Å². The van der Waals surface area contributed by atoms with Gasteiger partial charge in [0.25, 0.3) is 0 Å². The van der Waals surface area contributed by atoms with Crippen molar-refractivity contribution in [2.75, 3.05) is 96.4 Å².